The molecule has 2 saturated heterocycles. The summed E-state index contributed by atoms with van der Waals surface area (Å²) in [7, 11) is 0. The normalized spacial score (nSPS) is 39.6. The fraction of sp³-hybridized carbons (Fsp3) is 0.923. The number of likely N-dealkylation sites (tertiary alicyclic amines) is 1. The van der Waals surface area contributed by atoms with Crippen LogP contribution >= 0.6 is 0 Å². The lowest BCUT2D eigenvalue weighted by atomic mass is 9.91. The van der Waals surface area contributed by atoms with Crippen molar-refractivity contribution in [3.63, 3.8) is 0 Å². The van der Waals surface area contributed by atoms with Crippen LogP contribution < -0.4 is 5.32 Å². The number of hydrogen-bond acceptors (Lipinski definition) is 3. The molecule has 0 bridgehead atoms. The summed E-state index contributed by atoms with van der Waals surface area (Å²) >= 11 is 0. The molecule has 0 aromatic carbocycles. The molecular weight excluding hydrogens is 216 g/mol. The standard InChI is InChI=1S/C13H22N2O2/c1-12(17)4-7-15(9-12)11(16)10-8-13(10)2-5-14-6-3-13/h10,14,17H,2-9H2,1H3. The minimum Gasteiger partial charge on any atom is -0.388 e. The van der Waals surface area contributed by atoms with Gasteiger partial charge in [-0.05, 0) is 51.1 Å². The Morgan fingerprint density at radius 2 is 2.06 bits per heavy atom. The quantitative estimate of drug-likeness (QED) is 0.693. The van der Waals surface area contributed by atoms with Gasteiger partial charge in [-0.15, -0.1) is 0 Å². The lowest BCUT2D eigenvalue weighted by molar-refractivity contribution is -0.133. The Labute approximate surface area is 102 Å². The molecule has 3 fully saturated rings. The van der Waals surface area contributed by atoms with Crippen molar-refractivity contribution in [1.29, 1.82) is 0 Å². The zero-order chi connectivity index (χ0) is 12.1. The molecule has 4 heteroatoms. The van der Waals surface area contributed by atoms with E-state index in [0.29, 0.717) is 17.9 Å². The highest BCUT2D eigenvalue weighted by molar-refractivity contribution is 5.83. The molecular formula is C13H22N2O2. The Morgan fingerprint density at radius 3 is 2.65 bits per heavy atom. The topological polar surface area (TPSA) is 52.6 Å². The molecule has 1 spiro atoms. The zero-order valence-electron chi connectivity index (χ0n) is 10.5. The molecule has 3 rings (SSSR count). The van der Waals surface area contributed by atoms with Crippen molar-refractivity contribution in [2.45, 2.75) is 38.2 Å². The highest BCUT2D eigenvalue weighted by Crippen LogP contribution is 2.59. The highest BCUT2D eigenvalue weighted by Gasteiger charge is 2.59. The van der Waals surface area contributed by atoms with Gasteiger partial charge in [0, 0.05) is 19.0 Å². The molecule has 0 aromatic heterocycles. The first-order valence-corrected chi connectivity index (χ1v) is 6.74. The SMILES string of the molecule is CC1(O)CCN(C(=O)C2CC23CCNCC3)C1. The molecule has 2 heterocycles. The van der Waals surface area contributed by atoms with Crippen LogP contribution in [0.2, 0.25) is 0 Å². The van der Waals surface area contributed by atoms with Gasteiger partial charge in [0.2, 0.25) is 5.91 Å². The zero-order valence-corrected chi connectivity index (χ0v) is 10.5. The average Bonchev–Trinajstić information content (AvgIpc) is 2.84. The van der Waals surface area contributed by atoms with Crippen LogP contribution in [-0.4, -0.2) is 47.7 Å². The van der Waals surface area contributed by atoms with E-state index in [1.54, 1.807) is 0 Å². The van der Waals surface area contributed by atoms with E-state index in [4.69, 9.17) is 0 Å². The Kier molecular flexibility index (Phi) is 2.49. The molecule has 0 radical (unpaired) electrons. The second-order valence-corrected chi connectivity index (χ2v) is 6.38. The van der Waals surface area contributed by atoms with E-state index in [1.807, 2.05) is 11.8 Å². The van der Waals surface area contributed by atoms with Crippen molar-refractivity contribution in [1.82, 2.24) is 10.2 Å². The fourth-order valence-corrected chi connectivity index (χ4v) is 3.53. The summed E-state index contributed by atoms with van der Waals surface area (Å²) in [6.07, 6.45) is 4.09. The molecule has 1 aliphatic carbocycles. The van der Waals surface area contributed by atoms with Crippen LogP contribution in [0.25, 0.3) is 0 Å². The second-order valence-electron chi connectivity index (χ2n) is 6.38. The van der Waals surface area contributed by atoms with Gasteiger partial charge in [0.1, 0.15) is 0 Å². The predicted octanol–water partition coefficient (Wildman–Crippen LogP) is 0.359. The molecule has 2 aliphatic heterocycles. The van der Waals surface area contributed by atoms with Gasteiger partial charge >= 0.3 is 0 Å². The van der Waals surface area contributed by atoms with Gasteiger partial charge in [-0.25, -0.2) is 0 Å². The molecule has 1 saturated carbocycles. The van der Waals surface area contributed by atoms with Gasteiger partial charge in [-0.3, -0.25) is 4.79 Å². The van der Waals surface area contributed by atoms with E-state index in [2.05, 4.69) is 5.32 Å². The first-order chi connectivity index (χ1) is 8.03. The van der Waals surface area contributed by atoms with Crippen LogP contribution in [0.1, 0.15) is 32.6 Å². The molecule has 2 unspecified atom stereocenters. The number of nitrogens with zero attached hydrogens (tertiary/aromatic N) is 1. The van der Waals surface area contributed by atoms with Crippen LogP contribution in [-0.2, 0) is 4.79 Å². The first kappa shape index (κ1) is 11.5. The summed E-state index contributed by atoms with van der Waals surface area (Å²) in [6.45, 7) is 5.20. The summed E-state index contributed by atoms with van der Waals surface area (Å²) in [5, 5.41) is 13.3. The summed E-state index contributed by atoms with van der Waals surface area (Å²) in [5.74, 6) is 0.545. The summed E-state index contributed by atoms with van der Waals surface area (Å²) in [5.41, 5.74) is -0.345. The number of piperidine rings is 1. The second kappa shape index (κ2) is 3.69. The number of carbonyl (C=O) groups is 1. The number of aliphatic hydroxyl groups is 1. The minimum atomic E-state index is -0.661. The molecule has 0 aromatic rings. The van der Waals surface area contributed by atoms with E-state index < -0.39 is 5.60 Å². The Hall–Kier alpha value is -0.610. The van der Waals surface area contributed by atoms with Crippen LogP contribution in [0.3, 0.4) is 0 Å². The maximum atomic E-state index is 12.4. The molecule has 4 nitrogen and oxygen atoms in total. The minimum absolute atomic E-state index is 0.249. The summed E-state index contributed by atoms with van der Waals surface area (Å²) in [4.78, 5) is 14.2. The number of hydrogen-bond donors (Lipinski definition) is 2. The third-order valence-corrected chi connectivity index (χ3v) is 4.85. The van der Waals surface area contributed by atoms with Crippen LogP contribution in [0.15, 0.2) is 0 Å². The van der Waals surface area contributed by atoms with Crippen molar-refractivity contribution in [3.05, 3.63) is 0 Å². The van der Waals surface area contributed by atoms with E-state index >= 15 is 0 Å². The molecule has 1 amide bonds. The van der Waals surface area contributed by atoms with Gasteiger partial charge < -0.3 is 15.3 Å². The number of amides is 1. The molecule has 3 aliphatic rings. The molecule has 2 atom stereocenters. The third-order valence-electron chi connectivity index (χ3n) is 4.85. The maximum Gasteiger partial charge on any atom is 0.226 e. The Balaban J connectivity index is 1.61. The monoisotopic (exact) mass is 238 g/mol. The third kappa shape index (κ3) is 1.97. The van der Waals surface area contributed by atoms with Crippen LogP contribution in [0, 0.1) is 11.3 Å². The number of β-amino-alcohol motifs (C(OH)–C–C–N with tert-alkyl or cyclic N) is 1. The van der Waals surface area contributed by atoms with Gasteiger partial charge in [-0.2, -0.15) is 0 Å². The van der Waals surface area contributed by atoms with Gasteiger partial charge in [0.05, 0.1) is 5.60 Å². The smallest absolute Gasteiger partial charge is 0.226 e. The van der Waals surface area contributed by atoms with E-state index in [1.165, 1.54) is 0 Å². The maximum absolute atomic E-state index is 12.4. The summed E-state index contributed by atoms with van der Waals surface area (Å²) < 4.78 is 0. The fourth-order valence-electron chi connectivity index (χ4n) is 3.53. The number of rotatable bonds is 1. The molecule has 96 valence electrons. The van der Waals surface area contributed by atoms with Crippen molar-refractivity contribution in [2.75, 3.05) is 26.2 Å². The van der Waals surface area contributed by atoms with E-state index in [-0.39, 0.29) is 5.92 Å². The van der Waals surface area contributed by atoms with E-state index in [0.717, 1.165) is 45.3 Å². The Morgan fingerprint density at radius 1 is 1.35 bits per heavy atom. The largest absolute Gasteiger partial charge is 0.388 e. The average molecular weight is 238 g/mol. The highest BCUT2D eigenvalue weighted by atomic mass is 16.3. The first-order valence-electron chi connectivity index (χ1n) is 6.74. The number of carbonyl (C=O) groups excluding carboxylic acids is 1. The van der Waals surface area contributed by atoms with Gasteiger partial charge in [-0.1, -0.05) is 0 Å². The molecule has 17 heavy (non-hydrogen) atoms. The van der Waals surface area contributed by atoms with Crippen molar-refractivity contribution < 1.29 is 9.90 Å². The Bertz CT molecular complexity index is 334. The van der Waals surface area contributed by atoms with E-state index in [9.17, 15) is 9.90 Å². The van der Waals surface area contributed by atoms with Crippen LogP contribution in [0.5, 0.6) is 0 Å². The lowest BCUT2D eigenvalue weighted by Gasteiger charge is -2.25. The number of nitrogens with one attached hydrogen (secondary N) is 1. The van der Waals surface area contributed by atoms with Gasteiger partial charge in [0.25, 0.3) is 0 Å². The predicted molar refractivity (Wildman–Crippen MR) is 64.5 cm³/mol. The van der Waals surface area contributed by atoms with Crippen molar-refractivity contribution in [3.8, 4) is 0 Å². The van der Waals surface area contributed by atoms with Gasteiger partial charge in [0.15, 0.2) is 0 Å². The van der Waals surface area contributed by atoms with Crippen molar-refractivity contribution in [2.24, 2.45) is 11.3 Å². The van der Waals surface area contributed by atoms with Crippen LogP contribution in [0.4, 0.5) is 0 Å². The molecule has 2 N–H and O–H groups in total. The lowest BCUT2D eigenvalue weighted by Crippen LogP contribution is -2.37. The summed E-state index contributed by atoms with van der Waals surface area (Å²) in [6, 6.07) is 0. The van der Waals surface area contributed by atoms with Crippen molar-refractivity contribution >= 4 is 5.91 Å².